The van der Waals surface area contributed by atoms with Gasteiger partial charge in [0.1, 0.15) is 11.8 Å². The van der Waals surface area contributed by atoms with Crippen LogP contribution in [0.4, 0.5) is 5.69 Å². The maximum absolute atomic E-state index is 13.2. The van der Waals surface area contributed by atoms with Gasteiger partial charge in [-0.1, -0.05) is 6.07 Å². The van der Waals surface area contributed by atoms with Crippen molar-refractivity contribution in [2.75, 3.05) is 12.0 Å². The molecule has 1 unspecified atom stereocenters. The third-order valence-corrected chi connectivity index (χ3v) is 5.20. The van der Waals surface area contributed by atoms with E-state index in [1.54, 1.807) is 53.4 Å². The molecule has 3 amide bonds. The molecule has 1 saturated heterocycles. The lowest BCUT2D eigenvalue weighted by atomic mass is 10.1. The zero-order chi connectivity index (χ0) is 20.5. The van der Waals surface area contributed by atoms with E-state index < -0.39 is 11.9 Å². The summed E-state index contributed by atoms with van der Waals surface area (Å²) in [7, 11) is 1.52. The minimum absolute atomic E-state index is 0.0450. The van der Waals surface area contributed by atoms with Crippen molar-refractivity contribution in [1.82, 2.24) is 4.90 Å². The summed E-state index contributed by atoms with van der Waals surface area (Å²) in [6.45, 7) is 0. The first-order chi connectivity index (χ1) is 14.0. The van der Waals surface area contributed by atoms with Crippen molar-refractivity contribution in [3.05, 3.63) is 59.7 Å². The fourth-order valence-corrected chi connectivity index (χ4v) is 3.61. The van der Waals surface area contributed by atoms with Crippen molar-refractivity contribution in [2.24, 2.45) is 0 Å². The quantitative estimate of drug-likeness (QED) is 0.733. The molecule has 0 radical (unpaired) electrons. The number of methoxy groups -OCH3 is 1. The van der Waals surface area contributed by atoms with E-state index in [2.05, 4.69) is 0 Å². The molecular formula is C22H19N3O4. The second-order valence-electron chi connectivity index (χ2n) is 7.12. The van der Waals surface area contributed by atoms with Crippen LogP contribution in [-0.2, 0) is 9.59 Å². The monoisotopic (exact) mass is 389 g/mol. The molecule has 146 valence electrons. The molecule has 2 aliphatic rings. The van der Waals surface area contributed by atoms with Gasteiger partial charge in [0.05, 0.1) is 30.9 Å². The molecule has 7 heteroatoms. The molecule has 1 aliphatic heterocycles. The molecule has 1 heterocycles. The third-order valence-electron chi connectivity index (χ3n) is 5.20. The molecule has 1 aliphatic carbocycles. The fourth-order valence-electron chi connectivity index (χ4n) is 3.61. The van der Waals surface area contributed by atoms with Gasteiger partial charge in [0.15, 0.2) is 0 Å². The number of nitriles is 1. The highest BCUT2D eigenvalue weighted by Crippen LogP contribution is 2.35. The Balaban J connectivity index is 1.63. The smallest absolute Gasteiger partial charge is 0.257 e. The molecule has 0 aromatic heterocycles. The van der Waals surface area contributed by atoms with Gasteiger partial charge in [0.2, 0.25) is 5.91 Å². The second-order valence-corrected chi connectivity index (χ2v) is 7.12. The van der Waals surface area contributed by atoms with E-state index in [0.29, 0.717) is 22.6 Å². The van der Waals surface area contributed by atoms with Crippen LogP contribution in [-0.4, -0.2) is 41.8 Å². The van der Waals surface area contributed by atoms with Crippen molar-refractivity contribution in [2.45, 2.75) is 31.3 Å². The predicted octanol–water partition coefficient (Wildman–Crippen LogP) is 2.50. The van der Waals surface area contributed by atoms with E-state index in [-0.39, 0.29) is 24.3 Å². The second kappa shape index (κ2) is 7.40. The van der Waals surface area contributed by atoms with Crippen molar-refractivity contribution in [3.8, 4) is 11.8 Å². The van der Waals surface area contributed by atoms with Crippen molar-refractivity contribution >= 4 is 23.4 Å². The Morgan fingerprint density at radius 3 is 2.52 bits per heavy atom. The first-order valence-corrected chi connectivity index (χ1v) is 9.37. The average Bonchev–Trinajstić information content (AvgIpc) is 3.54. The third kappa shape index (κ3) is 3.45. The Morgan fingerprint density at radius 2 is 1.90 bits per heavy atom. The SMILES string of the molecule is COc1cccc(C(=O)N(C2CC2)C2CC(=O)N(c3ccc(C#N)cc3)C2=O)c1. The van der Waals surface area contributed by atoms with Crippen LogP contribution in [0.2, 0.25) is 0 Å². The van der Waals surface area contributed by atoms with E-state index in [1.165, 1.54) is 7.11 Å². The van der Waals surface area contributed by atoms with E-state index >= 15 is 0 Å². The number of anilines is 1. The molecule has 29 heavy (non-hydrogen) atoms. The topological polar surface area (TPSA) is 90.7 Å². The number of hydrogen-bond acceptors (Lipinski definition) is 5. The highest BCUT2D eigenvalue weighted by atomic mass is 16.5. The summed E-state index contributed by atoms with van der Waals surface area (Å²) in [6.07, 6.45) is 1.57. The van der Waals surface area contributed by atoms with Crippen LogP contribution in [0.25, 0.3) is 0 Å². The van der Waals surface area contributed by atoms with E-state index in [0.717, 1.165) is 17.7 Å². The zero-order valence-electron chi connectivity index (χ0n) is 15.9. The molecule has 1 saturated carbocycles. The number of carbonyl (C=O) groups excluding carboxylic acids is 3. The minimum Gasteiger partial charge on any atom is -0.497 e. The summed E-state index contributed by atoms with van der Waals surface area (Å²) in [4.78, 5) is 41.6. The molecule has 2 aromatic carbocycles. The molecule has 1 atom stereocenters. The molecule has 7 nitrogen and oxygen atoms in total. The number of amides is 3. The standard InChI is InChI=1S/C22H19N3O4/c1-29-18-4-2-3-15(11-18)21(27)24(16-9-10-16)19-12-20(26)25(22(19)28)17-7-5-14(13-23)6-8-17/h2-8,11,16,19H,9-10,12H2,1H3. The number of ether oxygens (including phenoxy) is 1. The molecule has 2 aromatic rings. The summed E-state index contributed by atoms with van der Waals surface area (Å²) in [6, 6.07) is 14.2. The van der Waals surface area contributed by atoms with Gasteiger partial charge in [-0.05, 0) is 55.3 Å². The maximum Gasteiger partial charge on any atom is 0.257 e. The van der Waals surface area contributed by atoms with Gasteiger partial charge in [-0.2, -0.15) is 5.26 Å². The van der Waals surface area contributed by atoms with Crippen molar-refractivity contribution in [3.63, 3.8) is 0 Å². The summed E-state index contributed by atoms with van der Waals surface area (Å²) >= 11 is 0. The number of imide groups is 1. The van der Waals surface area contributed by atoms with Crippen molar-refractivity contribution in [1.29, 1.82) is 5.26 Å². The van der Waals surface area contributed by atoms with Crippen LogP contribution in [0, 0.1) is 11.3 Å². The van der Waals surface area contributed by atoms with Crippen molar-refractivity contribution < 1.29 is 19.1 Å². The normalized spacial score (nSPS) is 18.5. The van der Waals surface area contributed by atoms with Gasteiger partial charge >= 0.3 is 0 Å². The first-order valence-electron chi connectivity index (χ1n) is 9.37. The lowest BCUT2D eigenvalue weighted by Gasteiger charge is -2.28. The molecule has 2 fully saturated rings. The lowest BCUT2D eigenvalue weighted by molar-refractivity contribution is -0.122. The number of nitrogens with zero attached hydrogens (tertiary/aromatic N) is 3. The van der Waals surface area contributed by atoms with Crippen LogP contribution in [0.5, 0.6) is 5.75 Å². The molecule has 0 spiro atoms. The Kier molecular flexibility index (Phi) is 4.77. The van der Waals surface area contributed by atoms with Gasteiger partial charge < -0.3 is 9.64 Å². The maximum atomic E-state index is 13.2. The zero-order valence-corrected chi connectivity index (χ0v) is 15.9. The Labute approximate surface area is 168 Å². The van der Waals surface area contributed by atoms with Gasteiger partial charge in [-0.25, -0.2) is 4.90 Å². The van der Waals surface area contributed by atoms with Crippen LogP contribution < -0.4 is 9.64 Å². The molecular weight excluding hydrogens is 370 g/mol. The summed E-state index contributed by atoms with van der Waals surface area (Å²) < 4.78 is 5.20. The molecule has 0 N–H and O–H groups in total. The van der Waals surface area contributed by atoms with E-state index in [1.807, 2.05) is 6.07 Å². The largest absolute Gasteiger partial charge is 0.497 e. The number of rotatable bonds is 5. The Hall–Kier alpha value is -3.66. The number of benzene rings is 2. The molecule has 4 rings (SSSR count). The Morgan fingerprint density at radius 1 is 1.17 bits per heavy atom. The summed E-state index contributed by atoms with van der Waals surface area (Å²) in [5.74, 6) is -0.490. The first kappa shape index (κ1) is 18.7. The number of carbonyl (C=O) groups is 3. The summed E-state index contributed by atoms with van der Waals surface area (Å²) in [5.41, 5.74) is 1.27. The molecule has 0 bridgehead atoms. The summed E-state index contributed by atoms with van der Waals surface area (Å²) in [5, 5.41) is 8.94. The van der Waals surface area contributed by atoms with Gasteiger partial charge in [0, 0.05) is 11.6 Å². The lowest BCUT2D eigenvalue weighted by Crippen LogP contribution is -2.46. The van der Waals surface area contributed by atoms with Gasteiger partial charge in [-0.15, -0.1) is 0 Å². The average molecular weight is 389 g/mol. The predicted molar refractivity (Wildman–Crippen MR) is 104 cm³/mol. The van der Waals surface area contributed by atoms with Gasteiger partial charge in [-0.3, -0.25) is 14.4 Å². The highest BCUT2D eigenvalue weighted by molar-refractivity contribution is 6.23. The minimum atomic E-state index is -0.829. The fraction of sp³-hybridized carbons (Fsp3) is 0.273. The Bertz CT molecular complexity index is 1020. The van der Waals surface area contributed by atoms with E-state index in [4.69, 9.17) is 10.00 Å². The van der Waals surface area contributed by atoms with Crippen LogP contribution in [0.1, 0.15) is 35.2 Å². The number of hydrogen-bond donors (Lipinski definition) is 0. The van der Waals surface area contributed by atoms with Crippen LogP contribution in [0.3, 0.4) is 0 Å². The highest BCUT2D eigenvalue weighted by Gasteiger charge is 2.48. The van der Waals surface area contributed by atoms with Crippen LogP contribution >= 0.6 is 0 Å². The van der Waals surface area contributed by atoms with Crippen LogP contribution in [0.15, 0.2) is 48.5 Å². The van der Waals surface area contributed by atoms with E-state index in [9.17, 15) is 14.4 Å². The van der Waals surface area contributed by atoms with Gasteiger partial charge in [0.25, 0.3) is 11.8 Å².